The summed E-state index contributed by atoms with van der Waals surface area (Å²) >= 11 is 0. The minimum atomic E-state index is 0.812. The van der Waals surface area contributed by atoms with Gasteiger partial charge in [0.25, 0.3) is 0 Å². The normalized spacial score (nSPS) is 10.5. The maximum atomic E-state index is 4.38. The summed E-state index contributed by atoms with van der Waals surface area (Å²) in [6, 6.07) is 8.38. The molecule has 0 aliphatic heterocycles. The molecule has 0 N–H and O–H groups in total. The molecule has 15 heavy (non-hydrogen) atoms. The van der Waals surface area contributed by atoms with Gasteiger partial charge in [0, 0.05) is 12.1 Å². The molecule has 2 rings (SSSR count). The molecule has 0 spiro atoms. The molecule has 1 aromatic heterocycles. The van der Waals surface area contributed by atoms with Crippen LogP contribution in [-0.2, 0) is 13.0 Å². The van der Waals surface area contributed by atoms with Crippen LogP contribution in [0.3, 0.4) is 0 Å². The Morgan fingerprint density at radius 3 is 2.80 bits per heavy atom. The summed E-state index contributed by atoms with van der Waals surface area (Å²) in [5.41, 5.74) is 2.42. The lowest BCUT2D eigenvalue weighted by atomic mass is 10.1. The zero-order chi connectivity index (χ0) is 10.7. The van der Waals surface area contributed by atoms with Crippen molar-refractivity contribution in [1.29, 1.82) is 0 Å². The first-order valence-electron chi connectivity index (χ1n) is 5.32. The second-order valence-corrected chi connectivity index (χ2v) is 3.48. The largest absolute Gasteiger partial charge is 0.253 e. The molecular weight excluding hydrogens is 186 g/mol. The second kappa shape index (κ2) is 4.26. The van der Waals surface area contributed by atoms with E-state index in [4.69, 9.17) is 0 Å². The van der Waals surface area contributed by atoms with Crippen molar-refractivity contribution >= 4 is 0 Å². The van der Waals surface area contributed by atoms with Gasteiger partial charge in [0.15, 0.2) is 5.82 Å². The first-order chi connectivity index (χ1) is 7.33. The standard InChI is InChI=1S/C12H15N3/c1-3-10-6-5-7-11(8-10)12-13-9-15(4-2)14-12/h5-9H,3-4H2,1-2H3. The van der Waals surface area contributed by atoms with Crippen molar-refractivity contribution in [3.8, 4) is 11.4 Å². The van der Waals surface area contributed by atoms with Crippen LogP contribution in [0.1, 0.15) is 19.4 Å². The van der Waals surface area contributed by atoms with E-state index in [1.54, 1.807) is 6.33 Å². The number of benzene rings is 1. The average Bonchev–Trinajstić information content (AvgIpc) is 2.78. The smallest absolute Gasteiger partial charge is 0.181 e. The van der Waals surface area contributed by atoms with Gasteiger partial charge in [-0.15, -0.1) is 0 Å². The van der Waals surface area contributed by atoms with E-state index in [2.05, 4.69) is 48.2 Å². The summed E-state index contributed by atoms with van der Waals surface area (Å²) in [4.78, 5) is 4.28. The van der Waals surface area contributed by atoms with Gasteiger partial charge in [-0.2, -0.15) is 5.10 Å². The summed E-state index contributed by atoms with van der Waals surface area (Å²) in [6.45, 7) is 5.07. The van der Waals surface area contributed by atoms with Crippen LogP contribution in [0.2, 0.25) is 0 Å². The molecule has 3 heteroatoms. The number of nitrogens with zero attached hydrogens (tertiary/aromatic N) is 3. The van der Waals surface area contributed by atoms with Gasteiger partial charge < -0.3 is 0 Å². The minimum absolute atomic E-state index is 0.812. The second-order valence-electron chi connectivity index (χ2n) is 3.48. The maximum Gasteiger partial charge on any atom is 0.181 e. The van der Waals surface area contributed by atoms with Gasteiger partial charge in [0.1, 0.15) is 6.33 Å². The highest BCUT2D eigenvalue weighted by molar-refractivity contribution is 5.55. The van der Waals surface area contributed by atoms with Gasteiger partial charge in [0.2, 0.25) is 0 Å². The highest BCUT2D eigenvalue weighted by atomic mass is 15.3. The summed E-state index contributed by atoms with van der Waals surface area (Å²) in [6.07, 6.45) is 2.82. The summed E-state index contributed by atoms with van der Waals surface area (Å²) < 4.78 is 1.84. The predicted octanol–water partition coefficient (Wildman–Crippen LogP) is 2.53. The molecule has 0 aliphatic rings. The van der Waals surface area contributed by atoms with Gasteiger partial charge in [0.05, 0.1) is 0 Å². The monoisotopic (exact) mass is 201 g/mol. The zero-order valence-corrected chi connectivity index (χ0v) is 9.14. The number of rotatable bonds is 3. The molecule has 0 fully saturated rings. The van der Waals surface area contributed by atoms with Crippen LogP contribution >= 0.6 is 0 Å². The quantitative estimate of drug-likeness (QED) is 0.764. The van der Waals surface area contributed by atoms with E-state index in [0.29, 0.717) is 0 Å². The van der Waals surface area contributed by atoms with Gasteiger partial charge in [-0.1, -0.05) is 25.1 Å². The van der Waals surface area contributed by atoms with Crippen molar-refractivity contribution in [1.82, 2.24) is 14.8 Å². The maximum absolute atomic E-state index is 4.38. The fraction of sp³-hybridized carbons (Fsp3) is 0.333. The Morgan fingerprint density at radius 1 is 1.27 bits per heavy atom. The molecule has 0 radical (unpaired) electrons. The molecule has 1 aromatic carbocycles. The number of aromatic nitrogens is 3. The number of aryl methyl sites for hydroxylation is 2. The topological polar surface area (TPSA) is 30.7 Å². The Labute approximate surface area is 89.8 Å². The highest BCUT2D eigenvalue weighted by Crippen LogP contribution is 2.16. The van der Waals surface area contributed by atoms with E-state index >= 15 is 0 Å². The van der Waals surface area contributed by atoms with Crippen molar-refractivity contribution in [2.45, 2.75) is 26.8 Å². The van der Waals surface area contributed by atoms with Crippen LogP contribution in [0.4, 0.5) is 0 Å². The Hall–Kier alpha value is -1.64. The van der Waals surface area contributed by atoms with E-state index < -0.39 is 0 Å². The van der Waals surface area contributed by atoms with Gasteiger partial charge >= 0.3 is 0 Å². The Morgan fingerprint density at radius 2 is 2.13 bits per heavy atom. The minimum Gasteiger partial charge on any atom is -0.253 e. The first kappa shape index (κ1) is 9.90. The first-order valence-corrected chi connectivity index (χ1v) is 5.32. The Bertz CT molecular complexity index is 446. The molecule has 0 atom stereocenters. The third-order valence-electron chi connectivity index (χ3n) is 2.45. The van der Waals surface area contributed by atoms with Gasteiger partial charge in [-0.25, -0.2) is 4.98 Å². The van der Waals surface area contributed by atoms with Crippen LogP contribution in [0.25, 0.3) is 11.4 Å². The van der Waals surface area contributed by atoms with Crippen LogP contribution in [0.15, 0.2) is 30.6 Å². The summed E-state index contributed by atoms with van der Waals surface area (Å²) in [5, 5.41) is 4.38. The lowest BCUT2D eigenvalue weighted by molar-refractivity contribution is 0.659. The molecule has 0 saturated carbocycles. The average molecular weight is 201 g/mol. The van der Waals surface area contributed by atoms with E-state index in [1.165, 1.54) is 5.56 Å². The fourth-order valence-electron chi connectivity index (χ4n) is 1.51. The van der Waals surface area contributed by atoms with Crippen LogP contribution in [0.5, 0.6) is 0 Å². The Balaban J connectivity index is 2.35. The molecule has 3 nitrogen and oxygen atoms in total. The lowest BCUT2D eigenvalue weighted by Gasteiger charge is -1.99. The molecule has 0 amide bonds. The SMILES string of the molecule is CCc1cccc(-c2ncn(CC)n2)c1. The van der Waals surface area contributed by atoms with Crippen LogP contribution in [-0.4, -0.2) is 14.8 Å². The number of hydrogen-bond donors (Lipinski definition) is 0. The van der Waals surface area contributed by atoms with E-state index in [-0.39, 0.29) is 0 Å². The Kier molecular flexibility index (Phi) is 2.81. The van der Waals surface area contributed by atoms with Gasteiger partial charge in [-0.3, -0.25) is 4.68 Å². The van der Waals surface area contributed by atoms with Crippen LogP contribution in [0, 0.1) is 0 Å². The molecular formula is C12H15N3. The predicted molar refractivity (Wildman–Crippen MR) is 60.5 cm³/mol. The zero-order valence-electron chi connectivity index (χ0n) is 9.14. The van der Waals surface area contributed by atoms with E-state index in [1.807, 2.05) is 4.68 Å². The molecule has 2 aromatic rings. The van der Waals surface area contributed by atoms with Crippen molar-refractivity contribution < 1.29 is 0 Å². The van der Waals surface area contributed by atoms with Gasteiger partial charge in [-0.05, 0) is 25.0 Å². The van der Waals surface area contributed by atoms with Crippen molar-refractivity contribution in [3.63, 3.8) is 0 Å². The number of hydrogen-bond acceptors (Lipinski definition) is 2. The summed E-state index contributed by atoms with van der Waals surface area (Å²) in [5.74, 6) is 0.812. The van der Waals surface area contributed by atoms with E-state index in [0.717, 1.165) is 24.4 Å². The van der Waals surface area contributed by atoms with Crippen molar-refractivity contribution in [2.75, 3.05) is 0 Å². The van der Waals surface area contributed by atoms with Crippen LogP contribution < -0.4 is 0 Å². The molecule has 0 aliphatic carbocycles. The lowest BCUT2D eigenvalue weighted by Crippen LogP contribution is -1.94. The van der Waals surface area contributed by atoms with Crippen molar-refractivity contribution in [2.24, 2.45) is 0 Å². The fourth-order valence-corrected chi connectivity index (χ4v) is 1.51. The van der Waals surface area contributed by atoms with Crippen molar-refractivity contribution in [3.05, 3.63) is 36.2 Å². The molecule has 78 valence electrons. The summed E-state index contributed by atoms with van der Waals surface area (Å²) in [7, 11) is 0. The molecule has 0 unspecified atom stereocenters. The highest BCUT2D eigenvalue weighted by Gasteiger charge is 2.03. The molecule has 1 heterocycles. The van der Waals surface area contributed by atoms with E-state index in [9.17, 15) is 0 Å². The third kappa shape index (κ3) is 2.06. The molecule has 0 saturated heterocycles. The molecule has 0 bridgehead atoms. The third-order valence-corrected chi connectivity index (χ3v) is 2.45.